The van der Waals surface area contributed by atoms with Crippen molar-refractivity contribution in [2.75, 3.05) is 12.4 Å². The first kappa shape index (κ1) is 14.4. The van der Waals surface area contributed by atoms with Crippen molar-refractivity contribution in [1.29, 1.82) is 0 Å². The van der Waals surface area contributed by atoms with E-state index in [0.29, 0.717) is 24.3 Å². The van der Waals surface area contributed by atoms with Crippen molar-refractivity contribution in [3.8, 4) is 0 Å². The second-order valence-electron chi connectivity index (χ2n) is 6.06. The minimum Gasteiger partial charge on any atom is -0.390 e. The van der Waals surface area contributed by atoms with Crippen molar-refractivity contribution < 1.29 is 9.84 Å². The summed E-state index contributed by atoms with van der Waals surface area (Å²) in [5.74, 6) is 2.41. The van der Waals surface area contributed by atoms with Crippen LogP contribution in [-0.4, -0.2) is 44.4 Å². The molecule has 3 rings (SSSR count). The molecular weight excluding hydrogens is 274 g/mol. The molecule has 2 aliphatic rings. The van der Waals surface area contributed by atoms with Crippen LogP contribution in [0, 0.1) is 0 Å². The van der Waals surface area contributed by atoms with E-state index in [1.165, 1.54) is 31.5 Å². The molecule has 1 aromatic heterocycles. The summed E-state index contributed by atoms with van der Waals surface area (Å²) < 4.78 is 7.75. The van der Waals surface area contributed by atoms with Gasteiger partial charge in [-0.15, -0.1) is 10.2 Å². The summed E-state index contributed by atoms with van der Waals surface area (Å²) in [7, 11) is 0. The smallest absolute Gasteiger partial charge is 0.191 e. The highest BCUT2D eigenvalue weighted by molar-refractivity contribution is 7.99. The van der Waals surface area contributed by atoms with Crippen molar-refractivity contribution in [2.24, 2.45) is 0 Å². The van der Waals surface area contributed by atoms with Gasteiger partial charge in [-0.05, 0) is 39.5 Å². The number of aromatic nitrogens is 3. The highest BCUT2D eigenvalue weighted by Gasteiger charge is 2.36. The van der Waals surface area contributed by atoms with Crippen molar-refractivity contribution in [2.45, 2.75) is 68.9 Å². The number of aliphatic hydroxyl groups is 1. The Kier molecular flexibility index (Phi) is 4.33. The van der Waals surface area contributed by atoms with Gasteiger partial charge in [0.25, 0.3) is 0 Å². The van der Waals surface area contributed by atoms with E-state index < -0.39 is 6.10 Å². The number of aliphatic hydroxyl groups excluding tert-OH is 1. The Morgan fingerprint density at radius 1 is 1.30 bits per heavy atom. The number of hydrogen-bond acceptors (Lipinski definition) is 5. The Morgan fingerprint density at radius 3 is 2.65 bits per heavy atom. The first-order valence-electron chi connectivity index (χ1n) is 7.52. The molecule has 1 heterocycles. The maximum Gasteiger partial charge on any atom is 0.191 e. The summed E-state index contributed by atoms with van der Waals surface area (Å²) in [4.78, 5) is 0. The fraction of sp³-hybridized carbons (Fsp3) is 0.857. The molecule has 0 radical (unpaired) electrons. The summed E-state index contributed by atoms with van der Waals surface area (Å²) in [5, 5.41) is 19.6. The van der Waals surface area contributed by atoms with Gasteiger partial charge >= 0.3 is 0 Å². The Morgan fingerprint density at radius 2 is 2.05 bits per heavy atom. The van der Waals surface area contributed by atoms with E-state index in [0.717, 1.165) is 5.16 Å². The van der Waals surface area contributed by atoms with Gasteiger partial charge in [-0.2, -0.15) is 0 Å². The van der Waals surface area contributed by atoms with Crippen molar-refractivity contribution in [3.05, 3.63) is 5.82 Å². The molecule has 1 aromatic rings. The van der Waals surface area contributed by atoms with Gasteiger partial charge in [-0.3, -0.25) is 0 Å². The number of hydrogen-bond donors (Lipinski definition) is 1. The SMILES string of the molecule is CC(C)OCC(O)CSc1nnc(C2CC2)n1C1CC1. The van der Waals surface area contributed by atoms with Gasteiger partial charge in [0.1, 0.15) is 5.82 Å². The standard InChI is InChI=1S/C14H23N3O2S/c1-9(2)19-7-12(18)8-20-14-16-15-13(10-3-4-10)17(14)11-5-6-11/h9-12,18H,3-8H2,1-2H3. The van der Waals surface area contributed by atoms with E-state index in [9.17, 15) is 5.11 Å². The molecule has 1 unspecified atom stereocenters. The normalized spacial score (nSPS) is 20.6. The maximum absolute atomic E-state index is 9.93. The van der Waals surface area contributed by atoms with Gasteiger partial charge in [-0.25, -0.2) is 0 Å². The van der Waals surface area contributed by atoms with Gasteiger partial charge in [0.05, 0.1) is 18.8 Å². The molecule has 0 amide bonds. The molecule has 2 aliphatic carbocycles. The topological polar surface area (TPSA) is 60.2 Å². The van der Waals surface area contributed by atoms with Crippen LogP contribution in [0.3, 0.4) is 0 Å². The second-order valence-corrected chi connectivity index (χ2v) is 7.05. The molecule has 0 aromatic carbocycles. The molecule has 0 bridgehead atoms. The molecule has 1 N–H and O–H groups in total. The molecule has 5 nitrogen and oxygen atoms in total. The molecule has 0 aliphatic heterocycles. The summed E-state index contributed by atoms with van der Waals surface area (Å²) in [6.45, 7) is 4.34. The highest BCUT2D eigenvalue weighted by Crippen LogP contribution is 2.45. The zero-order chi connectivity index (χ0) is 14.1. The molecule has 0 spiro atoms. The second kappa shape index (κ2) is 6.03. The van der Waals surface area contributed by atoms with Gasteiger partial charge in [0.2, 0.25) is 0 Å². The van der Waals surface area contributed by atoms with Crippen LogP contribution >= 0.6 is 11.8 Å². The van der Waals surface area contributed by atoms with Crippen LogP contribution in [0.5, 0.6) is 0 Å². The lowest BCUT2D eigenvalue weighted by molar-refractivity contribution is 0.0152. The van der Waals surface area contributed by atoms with Crippen LogP contribution < -0.4 is 0 Å². The fourth-order valence-electron chi connectivity index (χ4n) is 2.20. The summed E-state index contributed by atoms with van der Waals surface area (Å²) >= 11 is 1.60. The highest BCUT2D eigenvalue weighted by atomic mass is 32.2. The third kappa shape index (κ3) is 3.54. The minimum atomic E-state index is -0.448. The number of nitrogens with zero attached hydrogens (tertiary/aromatic N) is 3. The van der Waals surface area contributed by atoms with Crippen molar-refractivity contribution in [1.82, 2.24) is 14.8 Å². The third-order valence-electron chi connectivity index (χ3n) is 3.57. The van der Waals surface area contributed by atoms with Crippen LogP contribution in [0.25, 0.3) is 0 Å². The molecular formula is C14H23N3O2S. The van der Waals surface area contributed by atoms with E-state index in [4.69, 9.17) is 4.74 Å². The number of rotatable bonds is 8. The zero-order valence-electron chi connectivity index (χ0n) is 12.2. The molecule has 1 atom stereocenters. The third-order valence-corrected chi connectivity index (χ3v) is 4.66. The average molecular weight is 297 g/mol. The fourth-order valence-corrected chi connectivity index (χ4v) is 3.12. The molecule has 2 saturated carbocycles. The van der Waals surface area contributed by atoms with E-state index >= 15 is 0 Å². The predicted octanol–water partition coefficient (Wildman–Crippen LogP) is 2.37. The Balaban J connectivity index is 1.57. The number of thioether (sulfide) groups is 1. The van der Waals surface area contributed by atoms with E-state index in [-0.39, 0.29) is 6.10 Å². The lowest BCUT2D eigenvalue weighted by atomic mass is 10.4. The molecule has 2 fully saturated rings. The van der Waals surface area contributed by atoms with Crippen molar-refractivity contribution >= 4 is 11.8 Å². The number of ether oxygens (including phenoxy) is 1. The first-order valence-corrected chi connectivity index (χ1v) is 8.51. The van der Waals surface area contributed by atoms with Gasteiger partial charge in [-0.1, -0.05) is 11.8 Å². The van der Waals surface area contributed by atoms with Crippen LogP contribution in [-0.2, 0) is 4.74 Å². The molecule has 6 heteroatoms. The molecule has 0 saturated heterocycles. The van der Waals surface area contributed by atoms with Gasteiger partial charge in [0, 0.05) is 17.7 Å². The van der Waals surface area contributed by atoms with Gasteiger partial charge < -0.3 is 14.4 Å². The lowest BCUT2D eigenvalue weighted by Gasteiger charge is -2.13. The Bertz CT molecular complexity index is 455. The van der Waals surface area contributed by atoms with E-state index in [2.05, 4.69) is 14.8 Å². The molecule has 112 valence electrons. The predicted molar refractivity (Wildman–Crippen MR) is 78.1 cm³/mol. The largest absolute Gasteiger partial charge is 0.390 e. The quantitative estimate of drug-likeness (QED) is 0.746. The minimum absolute atomic E-state index is 0.159. The zero-order valence-corrected chi connectivity index (χ0v) is 13.0. The van der Waals surface area contributed by atoms with Crippen LogP contribution in [0.15, 0.2) is 5.16 Å². The maximum atomic E-state index is 9.93. The average Bonchev–Trinajstić information content (AvgIpc) is 3.32. The monoisotopic (exact) mass is 297 g/mol. The Labute approximate surface area is 124 Å². The lowest BCUT2D eigenvalue weighted by Crippen LogP contribution is -2.20. The van der Waals surface area contributed by atoms with Crippen molar-refractivity contribution in [3.63, 3.8) is 0 Å². The first-order chi connectivity index (χ1) is 9.65. The summed E-state index contributed by atoms with van der Waals surface area (Å²) in [5.41, 5.74) is 0. The molecule has 20 heavy (non-hydrogen) atoms. The van der Waals surface area contributed by atoms with Crippen LogP contribution in [0.1, 0.15) is 57.3 Å². The summed E-state index contributed by atoms with van der Waals surface area (Å²) in [6, 6.07) is 0.604. The van der Waals surface area contributed by atoms with E-state index in [1.807, 2.05) is 13.8 Å². The Hall–Kier alpha value is -0.590. The van der Waals surface area contributed by atoms with Crippen LogP contribution in [0.2, 0.25) is 0 Å². The van der Waals surface area contributed by atoms with Gasteiger partial charge in [0.15, 0.2) is 5.16 Å². The summed E-state index contributed by atoms with van der Waals surface area (Å²) in [6.07, 6.45) is 4.69. The van der Waals surface area contributed by atoms with Crippen LogP contribution in [0.4, 0.5) is 0 Å². The van der Waals surface area contributed by atoms with E-state index in [1.54, 1.807) is 11.8 Å².